The molecule has 0 aliphatic carbocycles. The van der Waals surface area contributed by atoms with E-state index in [2.05, 4.69) is 36.2 Å². The van der Waals surface area contributed by atoms with Crippen LogP contribution >= 0.6 is 27.3 Å². The minimum Gasteiger partial charge on any atom is -0.372 e. The van der Waals surface area contributed by atoms with E-state index in [0.717, 1.165) is 26.4 Å². The molecule has 0 bridgehead atoms. The lowest BCUT2D eigenvalue weighted by Crippen LogP contribution is -2.00. The van der Waals surface area contributed by atoms with Crippen molar-refractivity contribution in [3.05, 3.63) is 46.5 Å². The number of halogens is 1. The second kappa shape index (κ2) is 5.68. The van der Waals surface area contributed by atoms with E-state index in [0.29, 0.717) is 5.82 Å². The molecule has 20 heavy (non-hydrogen) atoms. The summed E-state index contributed by atoms with van der Waals surface area (Å²) in [5.41, 5.74) is 3.69. The minimum absolute atomic E-state index is 0.680. The van der Waals surface area contributed by atoms with E-state index >= 15 is 0 Å². The van der Waals surface area contributed by atoms with Gasteiger partial charge in [0.15, 0.2) is 5.82 Å². The van der Waals surface area contributed by atoms with E-state index in [4.69, 9.17) is 0 Å². The molecule has 0 saturated heterocycles. The molecule has 0 aliphatic rings. The average Bonchev–Trinajstić information content (AvgIpc) is 3.03. The van der Waals surface area contributed by atoms with Crippen molar-refractivity contribution in [3.63, 3.8) is 0 Å². The Morgan fingerprint density at radius 3 is 2.60 bits per heavy atom. The molecule has 0 aliphatic heterocycles. The highest BCUT2D eigenvalue weighted by atomic mass is 79.9. The number of hydrogen-bond acceptors (Lipinski definition) is 5. The van der Waals surface area contributed by atoms with Crippen molar-refractivity contribution in [3.8, 4) is 22.0 Å². The van der Waals surface area contributed by atoms with E-state index in [1.54, 1.807) is 11.7 Å². The van der Waals surface area contributed by atoms with Gasteiger partial charge in [-0.3, -0.25) is 4.98 Å². The predicted octanol–water partition coefficient (Wildman–Crippen LogP) is 4.07. The normalized spacial score (nSPS) is 10.5. The van der Waals surface area contributed by atoms with Crippen molar-refractivity contribution >= 4 is 33.1 Å². The number of benzene rings is 1. The average molecular weight is 347 g/mol. The first kappa shape index (κ1) is 13.2. The summed E-state index contributed by atoms with van der Waals surface area (Å²) in [4.78, 5) is 14.2. The number of nitrogens with zero attached hydrogens (tertiary/aromatic N) is 3. The molecule has 3 rings (SSSR count). The lowest BCUT2D eigenvalue weighted by atomic mass is 10.1. The molecule has 0 radical (unpaired) electrons. The quantitative estimate of drug-likeness (QED) is 0.776. The monoisotopic (exact) mass is 346 g/mol. The van der Waals surface area contributed by atoms with Gasteiger partial charge in [-0.1, -0.05) is 30.3 Å². The van der Waals surface area contributed by atoms with Crippen LogP contribution in [-0.4, -0.2) is 22.0 Å². The molecule has 100 valence electrons. The van der Waals surface area contributed by atoms with Gasteiger partial charge >= 0.3 is 0 Å². The van der Waals surface area contributed by atoms with E-state index in [1.165, 1.54) is 11.3 Å². The van der Waals surface area contributed by atoms with Crippen LogP contribution in [-0.2, 0) is 0 Å². The Labute approximate surface area is 129 Å². The molecule has 0 unspecified atom stereocenters. The van der Waals surface area contributed by atoms with Gasteiger partial charge in [0, 0.05) is 18.8 Å². The van der Waals surface area contributed by atoms with Crippen LogP contribution in [0.4, 0.5) is 5.82 Å². The van der Waals surface area contributed by atoms with Crippen LogP contribution in [0.1, 0.15) is 0 Å². The van der Waals surface area contributed by atoms with Gasteiger partial charge in [0.1, 0.15) is 5.82 Å². The molecular weight excluding hydrogens is 336 g/mol. The number of aromatic nitrogens is 3. The van der Waals surface area contributed by atoms with Crippen molar-refractivity contribution in [1.82, 2.24) is 15.0 Å². The van der Waals surface area contributed by atoms with Crippen molar-refractivity contribution in [2.24, 2.45) is 0 Å². The molecule has 1 aromatic carbocycles. The Hall–Kier alpha value is -1.79. The standard InChI is InChI=1S/C14H11BrN4S/c1-16-14-11(15)12(9-5-3-2-4-6-9)18-13(19-14)10-7-17-8-20-10/h2-8H,1H3,(H,16,18,19). The van der Waals surface area contributed by atoms with Crippen LogP contribution in [0.5, 0.6) is 0 Å². The van der Waals surface area contributed by atoms with Gasteiger partial charge in [-0.2, -0.15) is 0 Å². The summed E-state index contributed by atoms with van der Waals surface area (Å²) >= 11 is 5.10. The first-order valence-corrected chi connectivity index (χ1v) is 7.66. The van der Waals surface area contributed by atoms with Gasteiger partial charge in [0.2, 0.25) is 0 Å². The summed E-state index contributed by atoms with van der Waals surface area (Å²) in [6.45, 7) is 0. The molecule has 4 nitrogen and oxygen atoms in total. The Bertz CT molecular complexity index is 714. The lowest BCUT2D eigenvalue weighted by molar-refractivity contribution is 1.16. The molecule has 2 aromatic heterocycles. The highest BCUT2D eigenvalue weighted by Crippen LogP contribution is 2.34. The third-order valence-electron chi connectivity index (χ3n) is 2.79. The van der Waals surface area contributed by atoms with Crippen molar-refractivity contribution in [1.29, 1.82) is 0 Å². The van der Waals surface area contributed by atoms with Gasteiger partial charge in [0.05, 0.1) is 20.6 Å². The minimum atomic E-state index is 0.680. The molecule has 0 amide bonds. The molecule has 0 fully saturated rings. The highest BCUT2D eigenvalue weighted by molar-refractivity contribution is 9.10. The zero-order valence-electron chi connectivity index (χ0n) is 10.7. The second-order valence-corrected chi connectivity index (χ2v) is 5.72. The molecule has 3 aromatic rings. The fraction of sp³-hybridized carbons (Fsp3) is 0.0714. The topological polar surface area (TPSA) is 50.7 Å². The van der Waals surface area contributed by atoms with Gasteiger partial charge in [-0.25, -0.2) is 9.97 Å². The van der Waals surface area contributed by atoms with Crippen molar-refractivity contribution in [2.45, 2.75) is 0 Å². The zero-order chi connectivity index (χ0) is 13.9. The summed E-state index contributed by atoms with van der Waals surface area (Å²) in [7, 11) is 1.85. The van der Waals surface area contributed by atoms with Crippen LogP contribution in [0.2, 0.25) is 0 Å². The molecule has 2 heterocycles. The molecule has 0 spiro atoms. The van der Waals surface area contributed by atoms with Crippen LogP contribution in [0.25, 0.3) is 22.0 Å². The first-order valence-electron chi connectivity index (χ1n) is 5.99. The Kier molecular flexibility index (Phi) is 3.75. The highest BCUT2D eigenvalue weighted by Gasteiger charge is 2.14. The number of hydrogen-bond donors (Lipinski definition) is 1. The smallest absolute Gasteiger partial charge is 0.173 e. The van der Waals surface area contributed by atoms with Gasteiger partial charge in [-0.05, 0) is 15.9 Å². The van der Waals surface area contributed by atoms with Crippen LogP contribution in [0.15, 0.2) is 46.5 Å². The summed E-state index contributed by atoms with van der Waals surface area (Å²) in [6, 6.07) is 10.0. The van der Waals surface area contributed by atoms with Crippen molar-refractivity contribution < 1.29 is 0 Å². The first-order chi connectivity index (χ1) is 9.79. The van der Waals surface area contributed by atoms with E-state index in [-0.39, 0.29) is 0 Å². The third-order valence-corrected chi connectivity index (χ3v) is 4.31. The number of anilines is 1. The number of rotatable bonds is 3. The summed E-state index contributed by atoms with van der Waals surface area (Å²) < 4.78 is 0.861. The molecule has 0 saturated carbocycles. The van der Waals surface area contributed by atoms with E-state index < -0.39 is 0 Å². The second-order valence-electron chi connectivity index (χ2n) is 4.04. The molecule has 1 N–H and O–H groups in total. The zero-order valence-corrected chi connectivity index (χ0v) is 13.1. The summed E-state index contributed by atoms with van der Waals surface area (Å²) in [5, 5.41) is 3.09. The Balaban J connectivity index is 2.21. The summed E-state index contributed by atoms with van der Waals surface area (Å²) in [6.07, 6.45) is 1.78. The molecule has 6 heteroatoms. The number of thiazole rings is 1. The van der Waals surface area contributed by atoms with Gasteiger partial charge in [0.25, 0.3) is 0 Å². The predicted molar refractivity (Wildman–Crippen MR) is 85.8 cm³/mol. The summed E-state index contributed by atoms with van der Waals surface area (Å²) in [5.74, 6) is 1.45. The molecule has 0 atom stereocenters. The van der Waals surface area contributed by atoms with Crippen molar-refractivity contribution in [2.75, 3.05) is 12.4 Å². The number of nitrogens with one attached hydrogen (secondary N) is 1. The Morgan fingerprint density at radius 1 is 1.15 bits per heavy atom. The fourth-order valence-electron chi connectivity index (χ4n) is 1.84. The SMILES string of the molecule is CNc1nc(-c2cncs2)nc(-c2ccccc2)c1Br. The van der Waals surface area contributed by atoms with Gasteiger partial charge in [-0.15, -0.1) is 11.3 Å². The molecular formula is C14H11BrN4S. The van der Waals surface area contributed by atoms with E-state index in [1.807, 2.05) is 37.4 Å². The maximum Gasteiger partial charge on any atom is 0.173 e. The van der Waals surface area contributed by atoms with E-state index in [9.17, 15) is 0 Å². The largest absolute Gasteiger partial charge is 0.372 e. The maximum absolute atomic E-state index is 4.67. The van der Waals surface area contributed by atoms with Crippen LogP contribution in [0.3, 0.4) is 0 Å². The van der Waals surface area contributed by atoms with Gasteiger partial charge < -0.3 is 5.32 Å². The maximum atomic E-state index is 4.67. The fourth-order valence-corrected chi connectivity index (χ4v) is 2.99. The third kappa shape index (κ3) is 2.44. The van der Waals surface area contributed by atoms with Crippen LogP contribution in [0, 0.1) is 0 Å². The lowest BCUT2D eigenvalue weighted by Gasteiger charge is -2.10. The Morgan fingerprint density at radius 2 is 1.95 bits per heavy atom. The van der Waals surface area contributed by atoms with Crippen LogP contribution < -0.4 is 5.32 Å².